The van der Waals surface area contributed by atoms with Crippen LogP contribution in [-0.2, 0) is 0 Å². The van der Waals surface area contributed by atoms with E-state index < -0.39 is 11.9 Å². The molecule has 6 heteroatoms. The standard InChI is InChI=1S/C22H25FN2O3/c1-22(2,3)19-13-16(9-10-25(19)21(26)27)11-15-5-4-6-18(12-15)28-20-8-7-17(23)14-24-20/h4-8,11-12,14,19H,9-10,13H2,1-3H3,(H,26,27)/b16-11+. The van der Waals surface area contributed by atoms with Gasteiger partial charge in [-0.25, -0.2) is 14.2 Å². The van der Waals surface area contributed by atoms with Crippen LogP contribution in [0.15, 0.2) is 48.2 Å². The first-order valence-electron chi connectivity index (χ1n) is 9.31. The van der Waals surface area contributed by atoms with Crippen molar-refractivity contribution in [3.63, 3.8) is 0 Å². The predicted molar refractivity (Wildman–Crippen MR) is 106 cm³/mol. The molecule has 1 aromatic heterocycles. The van der Waals surface area contributed by atoms with Crippen LogP contribution in [-0.4, -0.2) is 33.7 Å². The van der Waals surface area contributed by atoms with Gasteiger partial charge in [-0.15, -0.1) is 0 Å². The van der Waals surface area contributed by atoms with Crippen molar-refractivity contribution in [1.82, 2.24) is 9.88 Å². The molecule has 2 aromatic rings. The number of piperidine rings is 1. The summed E-state index contributed by atoms with van der Waals surface area (Å²) in [6, 6.07) is 10.3. The van der Waals surface area contributed by atoms with Crippen molar-refractivity contribution in [2.45, 2.75) is 39.7 Å². The number of rotatable bonds is 3. The Kier molecular flexibility index (Phi) is 5.68. The van der Waals surface area contributed by atoms with Crippen molar-refractivity contribution in [2.75, 3.05) is 6.54 Å². The SMILES string of the molecule is CC(C)(C)C1C/C(=C/c2cccc(Oc3ccc(F)cn3)c2)CCN1C(=O)O. The molecular weight excluding hydrogens is 359 g/mol. The highest BCUT2D eigenvalue weighted by atomic mass is 19.1. The van der Waals surface area contributed by atoms with E-state index in [0.717, 1.165) is 11.8 Å². The summed E-state index contributed by atoms with van der Waals surface area (Å²) >= 11 is 0. The van der Waals surface area contributed by atoms with Gasteiger partial charge < -0.3 is 14.7 Å². The summed E-state index contributed by atoms with van der Waals surface area (Å²) in [6.45, 7) is 6.71. The minimum absolute atomic E-state index is 0.0622. The number of carbonyl (C=O) groups is 1. The third kappa shape index (κ3) is 4.88. The van der Waals surface area contributed by atoms with E-state index in [-0.39, 0.29) is 11.5 Å². The number of carboxylic acid groups (broad SMARTS) is 1. The molecule has 0 saturated carbocycles. The highest BCUT2D eigenvalue weighted by Gasteiger charge is 2.36. The lowest BCUT2D eigenvalue weighted by molar-refractivity contribution is 0.0724. The number of hydrogen-bond acceptors (Lipinski definition) is 3. The zero-order valence-electron chi connectivity index (χ0n) is 16.4. The molecule has 1 N–H and O–H groups in total. The third-order valence-corrected chi connectivity index (χ3v) is 4.90. The highest BCUT2D eigenvalue weighted by Crippen LogP contribution is 2.35. The number of aromatic nitrogens is 1. The summed E-state index contributed by atoms with van der Waals surface area (Å²) < 4.78 is 18.7. The van der Waals surface area contributed by atoms with Crippen molar-refractivity contribution >= 4 is 12.2 Å². The topological polar surface area (TPSA) is 62.7 Å². The lowest BCUT2D eigenvalue weighted by Crippen LogP contribution is -2.50. The molecule has 1 amide bonds. The molecule has 0 spiro atoms. The second-order valence-corrected chi connectivity index (χ2v) is 8.10. The molecule has 1 aliphatic heterocycles. The zero-order chi connectivity index (χ0) is 20.3. The smallest absolute Gasteiger partial charge is 0.407 e. The van der Waals surface area contributed by atoms with Crippen molar-refractivity contribution in [1.29, 1.82) is 0 Å². The second-order valence-electron chi connectivity index (χ2n) is 8.10. The van der Waals surface area contributed by atoms with E-state index in [2.05, 4.69) is 31.8 Å². The predicted octanol–water partition coefficient (Wildman–Crippen LogP) is 5.58. The summed E-state index contributed by atoms with van der Waals surface area (Å²) in [5, 5.41) is 9.50. The van der Waals surface area contributed by atoms with Gasteiger partial charge in [0.1, 0.15) is 11.6 Å². The number of benzene rings is 1. The minimum Gasteiger partial charge on any atom is -0.465 e. The van der Waals surface area contributed by atoms with Crippen LogP contribution in [0.1, 0.15) is 39.2 Å². The highest BCUT2D eigenvalue weighted by molar-refractivity contribution is 5.66. The largest absolute Gasteiger partial charge is 0.465 e. The van der Waals surface area contributed by atoms with Crippen LogP contribution in [0.4, 0.5) is 9.18 Å². The number of halogens is 1. The molecular formula is C22H25FN2O3. The van der Waals surface area contributed by atoms with Crippen LogP contribution in [0.2, 0.25) is 0 Å². The molecule has 1 aliphatic rings. The molecule has 1 aromatic carbocycles. The molecule has 5 nitrogen and oxygen atoms in total. The van der Waals surface area contributed by atoms with Gasteiger partial charge in [0.2, 0.25) is 5.88 Å². The molecule has 0 bridgehead atoms. The fourth-order valence-electron chi connectivity index (χ4n) is 3.46. The number of likely N-dealkylation sites (tertiary alicyclic amines) is 1. The van der Waals surface area contributed by atoms with E-state index >= 15 is 0 Å². The van der Waals surface area contributed by atoms with Gasteiger partial charge in [0.25, 0.3) is 0 Å². The third-order valence-electron chi connectivity index (χ3n) is 4.90. The average Bonchev–Trinajstić information content (AvgIpc) is 2.63. The molecule has 0 radical (unpaired) electrons. The quantitative estimate of drug-likeness (QED) is 0.750. The Morgan fingerprint density at radius 2 is 2.11 bits per heavy atom. The van der Waals surface area contributed by atoms with Gasteiger partial charge in [-0.1, -0.05) is 44.6 Å². The Bertz CT molecular complexity index is 872. The van der Waals surface area contributed by atoms with Gasteiger partial charge in [0, 0.05) is 18.7 Å². The van der Waals surface area contributed by atoms with Gasteiger partial charge in [0.05, 0.1) is 6.20 Å². The normalized spacial score (nSPS) is 18.9. The lowest BCUT2D eigenvalue weighted by atomic mass is 9.79. The summed E-state index contributed by atoms with van der Waals surface area (Å²) in [5.41, 5.74) is 2.05. The Morgan fingerprint density at radius 3 is 2.75 bits per heavy atom. The van der Waals surface area contributed by atoms with Gasteiger partial charge in [-0.05, 0) is 42.0 Å². The number of hydrogen-bond donors (Lipinski definition) is 1. The summed E-state index contributed by atoms with van der Waals surface area (Å²) in [7, 11) is 0. The molecule has 3 rings (SSSR count). The van der Waals surface area contributed by atoms with E-state index in [9.17, 15) is 14.3 Å². The van der Waals surface area contributed by atoms with Crippen molar-refractivity contribution < 1.29 is 19.0 Å². The number of pyridine rings is 1. The van der Waals surface area contributed by atoms with Crippen LogP contribution in [0.5, 0.6) is 11.6 Å². The molecule has 1 saturated heterocycles. The first-order valence-corrected chi connectivity index (χ1v) is 9.31. The van der Waals surface area contributed by atoms with Crippen LogP contribution >= 0.6 is 0 Å². The Labute approximate surface area is 164 Å². The lowest BCUT2D eigenvalue weighted by Gasteiger charge is -2.42. The fraction of sp³-hybridized carbons (Fsp3) is 0.364. The average molecular weight is 384 g/mol. The van der Waals surface area contributed by atoms with Crippen molar-refractivity contribution in [2.24, 2.45) is 5.41 Å². The fourth-order valence-corrected chi connectivity index (χ4v) is 3.46. The molecule has 2 heterocycles. The Hall–Kier alpha value is -2.89. The first-order chi connectivity index (χ1) is 13.2. The van der Waals surface area contributed by atoms with Gasteiger partial charge >= 0.3 is 6.09 Å². The van der Waals surface area contributed by atoms with Gasteiger partial charge in [-0.3, -0.25) is 0 Å². The van der Waals surface area contributed by atoms with E-state index in [0.29, 0.717) is 31.0 Å². The molecule has 28 heavy (non-hydrogen) atoms. The van der Waals surface area contributed by atoms with E-state index in [4.69, 9.17) is 4.74 Å². The van der Waals surface area contributed by atoms with E-state index in [1.807, 2.05) is 24.3 Å². The summed E-state index contributed by atoms with van der Waals surface area (Å²) in [5.74, 6) is 0.532. The molecule has 1 fully saturated rings. The first kappa shape index (κ1) is 19.9. The van der Waals surface area contributed by atoms with Crippen LogP contribution in [0, 0.1) is 11.2 Å². The Morgan fingerprint density at radius 1 is 1.32 bits per heavy atom. The minimum atomic E-state index is -0.860. The van der Waals surface area contributed by atoms with Crippen LogP contribution < -0.4 is 4.74 Å². The number of ether oxygens (including phenoxy) is 1. The molecule has 1 unspecified atom stereocenters. The van der Waals surface area contributed by atoms with Crippen LogP contribution in [0.25, 0.3) is 6.08 Å². The monoisotopic (exact) mass is 384 g/mol. The second kappa shape index (κ2) is 8.00. The van der Waals surface area contributed by atoms with Crippen molar-refractivity contribution in [3.8, 4) is 11.6 Å². The Balaban J connectivity index is 1.77. The zero-order valence-corrected chi connectivity index (χ0v) is 16.4. The van der Waals surface area contributed by atoms with Gasteiger partial charge in [-0.2, -0.15) is 0 Å². The van der Waals surface area contributed by atoms with Gasteiger partial charge in [0.15, 0.2) is 0 Å². The van der Waals surface area contributed by atoms with Crippen LogP contribution in [0.3, 0.4) is 0 Å². The maximum absolute atomic E-state index is 13.0. The van der Waals surface area contributed by atoms with E-state index in [1.165, 1.54) is 17.7 Å². The summed E-state index contributed by atoms with van der Waals surface area (Å²) in [4.78, 5) is 17.0. The summed E-state index contributed by atoms with van der Waals surface area (Å²) in [6.07, 6.45) is 3.78. The maximum atomic E-state index is 13.0. The number of amides is 1. The molecule has 148 valence electrons. The van der Waals surface area contributed by atoms with Crippen molar-refractivity contribution in [3.05, 3.63) is 59.5 Å². The number of nitrogens with zero attached hydrogens (tertiary/aromatic N) is 2. The molecule has 0 aliphatic carbocycles. The van der Waals surface area contributed by atoms with E-state index in [1.54, 1.807) is 4.90 Å². The molecule has 1 atom stereocenters. The maximum Gasteiger partial charge on any atom is 0.407 e.